The van der Waals surface area contributed by atoms with Crippen LogP contribution in [0.2, 0.25) is 0 Å². The first-order chi connectivity index (χ1) is 6.31. The number of hydrogen-bond acceptors (Lipinski definition) is 2. The standard InChI is InChI=1S/C10H11NO2/c1-4-13-10-7-8(11-2)5-6-9(10)12-3/h5-7H,4H2,1,3H3. The third kappa shape index (κ3) is 2.12. The fraction of sp³-hybridized carbons (Fsp3) is 0.300. The molecule has 0 N–H and O–H groups in total. The van der Waals surface area contributed by atoms with E-state index in [1.54, 1.807) is 25.3 Å². The van der Waals surface area contributed by atoms with E-state index in [4.69, 9.17) is 16.0 Å². The number of methoxy groups -OCH3 is 1. The van der Waals surface area contributed by atoms with Crippen LogP contribution in [0.5, 0.6) is 11.5 Å². The molecule has 3 nitrogen and oxygen atoms in total. The van der Waals surface area contributed by atoms with E-state index in [1.807, 2.05) is 6.92 Å². The van der Waals surface area contributed by atoms with Crippen molar-refractivity contribution in [2.75, 3.05) is 13.7 Å². The molecular formula is C10H11NO2. The molecule has 0 fully saturated rings. The first-order valence-electron chi connectivity index (χ1n) is 4.00. The fourth-order valence-corrected chi connectivity index (χ4v) is 1.00. The van der Waals surface area contributed by atoms with Crippen LogP contribution in [0.15, 0.2) is 18.2 Å². The van der Waals surface area contributed by atoms with Gasteiger partial charge < -0.3 is 9.47 Å². The van der Waals surface area contributed by atoms with Gasteiger partial charge in [0.05, 0.1) is 20.3 Å². The first kappa shape index (κ1) is 9.40. The van der Waals surface area contributed by atoms with Gasteiger partial charge in [0.2, 0.25) is 0 Å². The van der Waals surface area contributed by atoms with Crippen molar-refractivity contribution in [1.82, 2.24) is 0 Å². The summed E-state index contributed by atoms with van der Waals surface area (Å²) in [5, 5.41) is 0. The van der Waals surface area contributed by atoms with E-state index in [2.05, 4.69) is 4.85 Å². The Hall–Kier alpha value is -1.69. The van der Waals surface area contributed by atoms with Crippen molar-refractivity contribution in [3.63, 3.8) is 0 Å². The zero-order valence-corrected chi connectivity index (χ0v) is 7.70. The van der Waals surface area contributed by atoms with Crippen molar-refractivity contribution in [1.29, 1.82) is 0 Å². The van der Waals surface area contributed by atoms with E-state index in [1.165, 1.54) is 0 Å². The van der Waals surface area contributed by atoms with Gasteiger partial charge in [-0.05, 0) is 19.1 Å². The van der Waals surface area contributed by atoms with Crippen LogP contribution >= 0.6 is 0 Å². The molecule has 1 aromatic carbocycles. The number of rotatable bonds is 3. The molecule has 0 aromatic heterocycles. The zero-order chi connectivity index (χ0) is 9.68. The van der Waals surface area contributed by atoms with Gasteiger partial charge in [0.15, 0.2) is 17.2 Å². The molecule has 0 aliphatic heterocycles. The molecule has 13 heavy (non-hydrogen) atoms. The Bertz CT molecular complexity index is 328. The predicted molar refractivity (Wildman–Crippen MR) is 50.4 cm³/mol. The average molecular weight is 177 g/mol. The number of hydrogen-bond donors (Lipinski definition) is 0. The average Bonchev–Trinajstić information content (AvgIpc) is 2.18. The minimum atomic E-state index is 0.559. The van der Waals surface area contributed by atoms with Gasteiger partial charge in [0, 0.05) is 0 Å². The molecule has 1 rings (SSSR count). The van der Waals surface area contributed by atoms with E-state index in [-0.39, 0.29) is 0 Å². The molecule has 0 heterocycles. The number of benzene rings is 1. The Labute approximate surface area is 77.7 Å². The molecule has 0 amide bonds. The lowest BCUT2D eigenvalue weighted by atomic mass is 10.3. The van der Waals surface area contributed by atoms with Crippen LogP contribution in [0.4, 0.5) is 5.69 Å². The summed E-state index contributed by atoms with van der Waals surface area (Å²) in [7, 11) is 1.58. The molecule has 0 atom stereocenters. The van der Waals surface area contributed by atoms with Gasteiger partial charge in [0.1, 0.15) is 0 Å². The molecule has 0 saturated carbocycles. The minimum absolute atomic E-state index is 0.559. The van der Waals surface area contributed by atoms with Gasteiger partial charge >= 0.3 is 0 Å². The highest BCUT2D eigenvalue weighted by molar-refractivity contribution is 5.55. The van der Waals surface area contributed by atoms with Gasteiger partial charge in [-0.15, -0.1) is 0 Å². The van der Waals surface area contributed by atoms with Crippen molar-refractivity contribution in [2.24, 2.45) is 0 Å². The second kappa shape index (κ2) is 4.36. The molecule has 0 radical (unpaired) electrons. The van der Waals surface area contributed by atoms with Gasteiger partial charge in [0.25, 0.3) is 0 Å². The minimum Gasteiger partial charge on any atom is -0.493 e. The predicted octanol–water partition coefficient (Wildman–Crippen LogP) is 2.64. The van der Waals surface area contributed by atoms with Crippen molar-refractivity contribution >= 4 is 5.69 Å². The second-order valence-electron chi connectivity index (χ2n) is 2.38. The van der Waals surface area contributed by atoms with E-state index >= 15 is 0 Å². The normalized spacial score (nSPS) is 9.00. The quantitative estimate of drug-likeness (QED) is 0.662. The largest absolute Gasteiger partial charge is 0.493 e. The van der Waals surface area contributed by atoms with Crippen LogP contribution in [0.1, 0.15) is 6.92 Å². The Morgan fingerprint density at radius 2 is 2.15 bits per heavy atom. The van der Waals surface area contributed by atoms with Crippen molar-refractivity contribution in [3.05, 3.63) is 29.6 Å². The van der Waals surface area contributed by atoms with Crippen molar-refractivity contribution in [2.45, 2.75) is 6.92 Å². The smallest absolute Gasteiger partial charge is 0.191 e. The second-order valence-corrected chi connectivity index (χ2v) is 2.38. The molecular weight excluding hydrogens is 166 g/mol. The van der Waals surface area contributed by atoms with Crippen LogP contribution in [-0.2, 0) is 0 Å². The molecule has 68 valence electrons. The highest BCUT2D eigenvalue weighted by Gasteiger charge is 2.03. The van der Waals surface area contributed by atoms with Gasteiger partial charge in [-0.1, -0.05) is 6.07 Å². The molecule has 0 aliphatic rings. The van der Waals surface area contributed by atoms with Gasteiger partial charge in [-0.25, -0.2) is 4.85 Å². The lowest BCUT2D eigenvalue weighted by Gasteiger charge is -2.08. The fourth-order valence-electron chi connectivity index (χ4n) is 1.00. The van der Waals surface area contributed by atoms with E-state index < -0.39 is 0 Å². The van der Waals surface area contributed by atoms with E-state index in [0.29, 0.717) is 23.8 Å². The topological polar surface area (TPSA) is 22.8 Å². The number of nitrogens with zero attached hydrogens (tertiary/aromatic N) is 1. The summed E-state index contributed by atoms with van der Waals surface area (Å²) in [4.78, 5) is 3.30. The SMILES string of the molecule is [C-]#[N+]c1ccc(OC)c(OCC)c1. The summed E-state index contributed by atoms with van der Waals surface area (Å²) >= 11 is 0. The van der Waals surface area contributed by atoms with Crippen molar-refractivity contribution < 1.29 is 9.47 Å². The Kier molecular flexibility index (Phi) is 3.15. The Balaban J connectivity index is 3.04. The first-order valence-corrected chi connectivity index (χ1v) is 4.00. The molecule has 1 aromatic rings. The van der Waals surface area contributed by atoms with Gasteiger partial charge in [-0.2, -0.15) is 0 Å². The lowest BCUT2D eigenvalue weighted by Crippen LogP contribution is -1.94. The molecule has 3 heteroatoms. The van der Waals surface area contributed by atoms with Crippen LogP contribution < -0.4 is 9.47 Å². The summed E-state index contributed by atoms with van der Waals surface area (Å²) in [6.07, 6.45) is 0. The third-order valence-electron chi connectivity index (χ3n) is 1.58. The summed E-state index contributed by atoms with van der Waals surface area (Å²) in [6, 6.07) is 5.11. The highest BCUT2D eigenvalue weighted by Crippen LogP contribution is 2.31. The van der Waals surface area contributed by atoms with E-state index in [0.717, 1.165) is 0 Å². The summed E-state index contributed by atoms with van der Waals surface area (Å²) < 4.78 is 10.4. The zero-order valence-electron chi connectivity index (χ0n) is 7.70. The van der Waals surface area contributed by atoms with Crippen molar-refractivity contribution in [3.8, 4) is 11.5 Å². The van der Waals surface area contributed by atoms with Crippen LogP contribution in [-0.4, -0.2) is 13.7 Å². The monoisotopic (exact) mass is 177 g/mol. The maximum Gasteiger partial charge on any atom is 0.191 e. The molecule has 0 bridgehead atoms. The molecule has 0 aliphatic carbocycles. The molecule has 0 unspecified atom stereocenters. The van der Waals surface area contributed by atoms with Gasteiger partial charge in [-0.3, -0.25) is 0 Å². The Morgan fingerprint density at radius 1 is 1.38 bits per heavy atom. The summed E-state index contributed by atoms with van der Waals surface area (Å²) in [6.45, 7) is 9.29. The highest BCUT2D eigenvalue weighted by atomic mass is 16.5. The van der Waals surface area contributed by atoms with E-state index in [9.17, 15) is 0 Å². The molecule has 0 saturated heterocycles. The Morgan fingerprint density at radius 3 is 2.69 bits per heavy atom. The van der Waals surface area contributed by atoms with Crippen LogP contribution in [0, 0.1) is 6.57 Å². The summed E-state index contributed by atoms with van der Waals surface area (Å²) in [5.74, 6) is 1.28. The maximum atomic E-state index is 6.83. The molecule has 0 spiro atoms. The van der Waals surface area contributed by atoms with Crippen LogP contribution in [0.25, 0.3) is 4.85 Å². The maximum absolute atomic E-state index is 6.83. The summed E-state index contributed by atoms with van der Waals surface area (Å²) in [5.41, 5.74) is 0.559. The third-order valence-corrected chi connectivity index (χ3v) is 1.58. The van der Waals surface area contributed by atoms with Crippen LogP contribution in [0.3, 0.4) is 0 Å². The number of ether oxygens (including phenoxy) is 2. The lowest BCUT2D eigenvalue weighted by molar-refractivity contribution is 0.311.